The number of hydrogen-bond donors (Lipinski definition) is 3. The minimum atomic E-state index is -0.958. The Balaban J connectivity index is 0.00000420. The van der Waals surface area contributed by atoms with Crippen molar-refractivity contribution in [2.45, 2.75) is 45.2 Å². The van der Waals surface area contributed by atoms with Gasteiger partial charge in [-0.05, 0) is 76.4 Å². The summed E-state index contributed by atoms with van der Waals surface area (Å²) in [7, 11) is 0. The van der Waals surface area contributed by atoms with E-state index in [0.717, 1.165) is 32.6 Å². The van der Waals surface area contributed by atoms with E-state index in [1.807, 2.05) is 31.2 Å². The van der Waals surface area contributed by atoms with Gasteiger partial charge in [-0.1, -0.05) is 12.1 Å². The molecular formula is C27H41ClN8O3. The van der Waals surface area contributed by atoms with Crippen LogP contribution >= 0.6 is 12.4 Å². The van der Waals surface area contributed by atoms with E-state index in [-0.39, 0.29) is 36.2 Å². The fourth-order valence-corrected chi connectivity index (χ4v) is 5.12. The SMILES string of the molecule is C[C@@H]1CN(C(=O)C(C)(C)N)CCN1C(=O)Nc1ccn(-c2ccc(CCN3CC[C@@H](CN)C3)cc2)c(=O)n1.Cl. The number of likely N-dealkylation sites (tertiary alicyclic amines) is 1. The van der Waals surface area contributed by atoms with Crippen molar-refractivity contribution in [3.63, 3.8) is 0 Å². The maximum absolute atomic E-state index is 12.9. The van der Waals surface area contributed by atoms with E-state index >= 15 is 0 Å². The van der Waals surface area contributed by atoms with Gasteiger partial charge in [0.05, 0.1) is 11.2 Å². The minimum absolute atomic E-state index is 0. The lowest BCUT2D eigenvalue weighted by Gasteiger charge is -2.41. The summed E-state index contributed by atoms with van der Waals surface area (Å²) in [6, 6.07) is 8.93. The van der Waals surface area contributed by atoms with Crippen molar-refractivity contribution in [3.8, 4) is 5.69 Å². The quantitative estimate of drug-likeness (QED) is 0.463. The summed E-state index contributed by atoms with van der Waals surface area (Å²) in [6.45, 7) is 10.3. The Morgan fingerprint density at radius 1 is 1.10 bits per heavy atom. The molecular weight excluding hydrogens is 520 g/mol. The molecule has 214 valence electrons. The lowest BCUT2D eigenvalue weighted by atomic mass is 10.0. The lowest BCUT2D eigenvalue weighted by Crippen LogP contribution is -2.61. The first-order valence-corrected chi connectivity index (χ1v) is 13.3. The third kappa shape index (κ3) is 7.57. The first-order valence-electron chi connectivity index (χ1n) is 13.3. The standard InChI is InChI=1S/C27H40N8O3.ClH/c1-19-17-33(24(36)27(2,3)29)14-15-34(19)25(37)30-23-10-13-35(26(38)31-23)22-6-4-20(5-7-22)8-11-32-12-9-21(16-28)18-32;/h4-7,10,13,19,21H,8-9,11-12,14-18,28-29H2,1-3H3,(H,30,31,37,38);1H/t19-,21+;/m1./s1. The first kappa shape index (κ1) is 30.6. The molecule has 1 aromatic heterocycles. The minimum Gasteiger partial charge on any atom is -0.337 e. The van der Waals surface area contributed by atoms with Crippen molar-refractivity contribution < 1.29 is 9.59 Å². The van der Waals surface area contributed by atoms with Crippen molar-refractivity contribution in [1.29, 1.82) is 0 Å². The molecule has 0 spiro atoms. The third-order valence-corrected chi connectivity index (χ3v) is 7.40. The van der Waals surface area contributed by atoms with E-state index in [9.17, 15) is 14.4 Å². The number of carbonyl (C=O) groups is 2. The molecule has 3 heterocycles. The third-order valence-electron chi connectivity index (χ3n) is 7.40. The number of rotatable bonds is 7. The van der Waals surface area contributed by atoms with Crippen LogP contribution in [-0.2, 0) is 11.2 Å². The molecule has 0 bridgehead atoms. The maximum atomic E-state index is 12.9. The number of benzene rings is 1. The average Bonchev–Trinajstić information content (AvgIpc) is 3.35. The summed E-state index contributed by atoms with van der Waals surface area (Å²) in [5.41, 5.74) is 12.2. The number of nitrogens with one attached hydrogen (secondary N) is 1. The topological polar surface area (TPSA) is 143 Å². The normalized spacial score (nSPS) is 20.0. The zero-order valence-corrected chi connectivity index (χ0v) is 23.8. The number of hydrogen-bond acceptors (Lipinski definition) is 7. The van der Waals surface area contributed by atoms with Crippen LogP contribution in [0.25, 0.3) is 5.69 Å². The van der Waals surface area contributed by atoms with Crippen LogP contribution in [0.2, 0.25) is 0 Å². The van der Waals surface area contributed by atoms with E-state index in [4.69, 9.17) is 11.5 Å². The Kier molecular flexibility index (Phi) is 10.1. The predicted octanol–water partition coefficient (Wildman–Crippen LogP) is 1.28. The van der Waals surface area contributed by atoms with Gasteiger partial charge in [0.15, 0.2) is 0 Å². The second-order valence-corrected chi connectivity index (χ2v) is 11.0. The van der Waals surface area contributed by atoms with Crippen LogP contribution in [0.3, 0.4) is 0 Å². The zero-order chi connectivity index (χ0) is 27.4. The molecule has 0 aliphatic carbocycles. The van der Waals surface area contributed by atoms with Crippen molar-refractivity contribution in [3.05, 3.63) is 52.6 Å². The van der Waals surface area contributed by atoms with Crippen LogP contribution < -0.4 is 22.5 Å². The number of anilines is 1. The Bertz CT molecular complexity index is 1200. The first-order chi connectivity index (χ1) is 18.0. The van der Waals surface area contributed by atoms with Crippen LogP contribution in [0.5, 0.6) is 0 Å². The molecule has 2 fully saturated rings. The number of piperazine rings is 1. The van der Waals surface area contributed by atoms with Crippen LogP contribution in [0.1, 0.15) is 32.8 Å². The maximum Gasteiger partial charge on any atom is 0.354 e. The van der Waals surface area contributed by atoms with Gasteiger partial charge in [-0.15, -0.1) is 12.4 Å². The number of halogens is 1. The van der Waals surface area contributed by atoms with Crippen LogP contribution in [0, 0.1) is 5.92 Å². The Morgan fingerprint density at radius 3 is 2.41 bits per heavy atom. The second kappa shape index (κ2) is 12.9. The Labute approximate surface area is 235 Å². The summed E-state index contributed by atoms with van der Waals surface area (Å²) < 4.78 is 1.45. The van der Waals surface area contributed by atoms with Gasteiger partial charge in [0.1, 0.15) is 5.82 Å². The molecule has 2 aliphatic rings. The molecule has 2 atom stereocenters. The number of aromatic nitrogens is 2. The highest BCUT2D eigenvalue weighted by atomic mass is 35.5. The molecule has 0 unspecified atom stereocenters. The Hall–Kier alpha value is -2.99. The molecule has 0 radical (unpaired) electrons. The summed E-state index contributed by atoms with van der Waals surface area (Å²) in [4.78, 5) is 47.9. The fourth-order valence-electron chi connectivity index (χ4n) is 5.12. The van der Waals surface area contributed by atoms with Gasteiger partial charge < -0.3 is 26.2 Å². The highest BCUT2D eigenvalue weighted by molar-refractivity contribution is 5.89. The highest BCUT2D eigenvalue weighted by Gasteiger charge is 2.34. The number of nitrogens with zero attached hydrogens (tertiary/aromatic N) is 5. The van der Waals surface area contributed by atoms with Gasteiger partial charge in [0.2, 0.25) is 5.91 Å². The van der Waals surface area contributed by atoms with Crippen molar-refractivity contribution in [2.24, 2.45) is 17.4 Å². The summed E-state index contributed by atoms with van der Waals surface area (Å²) in [5.74, 6) is 0.649. The van der Waals surface area contributed by atoms with Gasteiger partial charge in [0.25, 0.3) is 0 Å². The predicted molar refractivity (Wildman–Crippen MR) is 154 cm³/mol. The van der Waals surface area contributed by atoms with Crippen LogP contribution in [0.4, 0.5) is 10.6 Å². The molecule has 2 aliphatic heterocycles. The van der Waals surface area contributed by atoms with Gasteiger partial charge in [-0.2, -0.15) is 4.98 Å². The van der Waals surface area contributed by atoms with Crippen LogP contribution in [-0.4, -0.2) is 93.6 Å². The fraction of sp³-hybridized carbons (Fsp3) is 0.556. The summed E-state index contributed by atoms with van der Waals surface area (Å²) in [6.07, 6.45) is 3.73. The molecule has 11 nitrogen and oxygen atoms in total. The molecule has 39 heavy (non-hydrogen) atoms. The van der Waals surface area contributed by atoms with Gasteiger partial charge in [-0.25, -0.2) is 9.59 Å². The number of carbonyl (C=O) groups excluding carboxylic acids is 2. The van der Waals surface area contributed by atoms with Crippen molar-refractivity contribution in [1.82, 2.24) is 24.3 Å². The smallest absolute Gasteiger partial charge is 0.337 e. The van der Waals surface area contributed by atoms with Gasteiger partial charge in [-0.3, -0.25) is 14.7 Å². The van der Waals surface area contributed by atoms with Gasteiger partial charge >= 0.3 is 11.7 Å². The van der Waals surface area contributed by atoms with Crippen molar-refractivity contribution in [2.75, 3.05) is 51.1 Å². The highest BCUT2D eigenvalue weighted by Crippen LogP contribution is 2.17. The van der Waals surface area contributed by atoms with E-state index in [0.29, 0.717) is 31.2 Å². The average molecular weight is 561 g/mol. The van der Waals surface area contributed by atoms with Gasteiger partial charge in [0, 0.05) is 45.0 Å². The molecule has 4 rings (SSSR count). The van der Waals surface area contributed by atoms with E-state index in [1.165, 1.54) is 16.6 Å². The molecule has 5 N–H and O–H groups in total. The second-order valence-electron chi connectivity index (χ2n) is 11.0. The molecule has 12 heteroatoms. The molecule has 2 saturated heterocycles. The van der Waals surface area contributed by atoms with E-state index in [2.05, 4.69) is 15.2 Å². The lowest BCUT2D eigenvalue weighted by molar-refractivity contribution is -0.138. The summed E-state index contributed by atoms with van der Waals surface area (Å²) >= 11 is 0. The molecule has 1 aromatic carbocycles. The van der Waals surface area contributed by atoms with E-state index in [1.54, 1.807) is 35.9 Å². The number of urea groups is 1. The number of amides is 3. The Morgan fingerprint density at radius 2 is 1.82 bits per heavy atom. The molecule has 3 amide bonds. The van der Waals surface area contributed by atoms with E-state index < -0.39 is 11.2 Å². The monoisotopic (exact) mass is 560 g/mol. The molecule has 0 saturated carbocycles. The molecule has 2 aromatic rings. The number of nitrogens with two attached hydrogens (primary N) is 2. The zero-order valence-electron chi connectivity index (χ0n) is 23.0. The van der Waals surface area contributed by atoms with Crippen molar-refractivity contribution >= 4 is 30.2 Å². The summed E-state index contributed by atoms with van der Waals surface area (Å²) in [5, 5.41) is 2.72. The largest absolute Gasteiger partial charge is 0.354 e. The van der Waals surface area contributed by atoms with Crippen LogP contribution in [0.15, 0.2) is 41.3 Å².